The molecule has 0 saturated carbocycles. The van der Waals surface area contributed by atoms with Crippen LogP contribution in [0.5, 0.6) is 0 Å². The third-order valence-electron chi connectivity index (χ3n) is 2.74. The van der Waals surface area contributed by atoms with Crippen LogP contribution in [0.15, 0.2) is 18.2 Å². The van der Waals surface area contributed by atoms with Gasteiger partial charge in [0.05, 0.1) is 0 Å². The molecular formula is C12H12FNO2. The van der Waals surface area contributed by atoms with Gasteiger partial charge in [0.25, 0.3) is 5.91 Å². The number of likely N-dealkylation sites (tertiary alicyclic amines) is 1. The molecular weight excluding hydrogens is 209 g/mol. The number of hydrogen-bond acceptors (Lipinski definition) is 2. The molecule has 0 N–H and O–H groups in total. The van der Waals surface area contributed by atoms with Crippen LogP contribution in [0.1, 0.15) is 28.8 Å². The van der Waals surface area contributed by atoms with Crippen molar-refractivity contribution in [2.24, 2.45) is 0 Å². The Labute approximate surface area is 92.9 Å². The Hall–Kier alpha value is -1.71. The fourth-order valence-electron chi connectivity index (χ4n) is 1.88. The summed E-state index contributed by atoms with van der Waals surface area (Å²) in [7, 11) is 0. The highest BCUT2D eigenvalue weighted by atomic mass is 19.1. The molecule has 4 heteroatoms. The summed E-state index contributed by atoms with van der Waals surface area (Å²) in [5.41, 5.74) is 0.960. The number of halogens is 1. The second-order valence-corrected chi connectivity index (χ2v) is 3.91. The minimum absolute atomic E-state index is 0.145. The van der Waals surface area contributed by atoms with Gasteiger partial charge in [0, 0.05) is 18.5 Å². The lowest BCUT2D eigenvalue weighted by Gasteiger charge is -2.14. The number of amides is 2. The van der Waals surface area contributed by atoms with Gasteiger partial charge in [-0.05, 0) is 37.1 Å². The standard InChI is InChI=1S/C12H12FNO2/c1-8-7-9(13)4-5-10(8)12(16)14-6-2-3-11(14)15/h4-5,7H,2-3,6H2,1H3. The Morgan fingerprint density at radius 2 is 2.19 bits per heavy atom. The van der Waals surface area contributed by atoms with Crippen molar-refractivity contribution in [3.8, 4) is 0 Å². The Bertz CT molecular complexity index is 456. The van der Waals surface area contributed by atoms with E-state index < -0.39 is 0 Å². The van der Waals surface area contributed by atoms with Gasteiger partial charge in [0.1, 0.15) is 5.82 Å². The zero-order valence-corrected chi connectivity index (χ0v) is 9.00. The van der Waals surface area contributed by atoms with Gasteiger partial charge in [-0.1, -0.05) is 0 Å². The van der Waals surface area contributed by atoms with Gasteiger partial charge in [-0.25, -0.2) is 4.39 Å². The Balaban J connectivity index is 2.30. The number of aryl methyl sites for hydroxylation is 1. The van der Waals surface area contributed by atoms with Crippen molar-refractivity contribution < 1.29 is 14.0 Å². The average Bonchev–Trinajstić information content (AvgIpc) is 2.63. The van der Waals surface area contributed by atoms with Crippen molar-refractivity contribution in [2.45, 2.75) is 19.8 Å². The lowest BCUT2D eigenvalue weighted by atomic mass is 10.1. The fraction of sp³-hybridized carbons (Fsp3) is 0.333. The van der Waals surface area contributed by atoms with E-state index in [9.17, 15) is 14.0 Å². The maximum atomic E-state index is 12.9. The van der Waals surface area contributed by atoms with Gasteiger partial charge in [-0.3, -0.25) is 14.5 Å². The number of benzene rings is 1. The zero-order chi connectivity index (χ0) is 11.7. The lowest BCUT2D eigenvalue weighted by Crippen LogP contribution is -2.32. The summed E-state index contributed by atoms with van der Waals surface area (Å²) >= 11 is 0. The average molecular weight is 221 g/mol. The van der Waals surface area contributed by atoms with E-state index in [0.717, 1.165) is 0 Å². The second kappa shape index (κ2) is 4.04. The third-order valence-corrected chi connectivity index (χ3v) is 2.74. The van der Waals surface area contributed by atoms with E-state index >= 15 is 0 Å². The van der Waals surface area contributed by atoms with E-state index in [2.05, 4.69) is 0 Å². The van der Waals surface area contributed by atoms with Crippen molar-refractivity contribution in [1.82, 2.24) is 4.90 Å². The molecule has 3 nitrogen and oxygen atoms in total. The summed E-state index contributed by atoms with van der Waals surface area (Å²) in [6.07, 6.45) is 1.14. The number of nitrogens with zero attached hydrogens (tertiary/aromatic N) is 1. The Morgan fingerprint density at radius 1 is 1.44 bits per heavy atom. The van der Waals surface area contributed by atoms with E-state index in [0.29, 0.717) is 30.5 Å². The first-order valence-electron chi connectivity index (χ1n) is 5.20. The Morgan fingerprint density at radius 3 is 2.75 bits per heavy atom. The largest absolute Gasteiger partial charge is 0.278 e. The smallest absolute Gasteiger partial charge is 0.260 e. The highest BCUT2D eigenvalue weighted by Gasteiger charge is 2.27. The molecule has 0 spiro atoms. The molecule has 0 radical (unpaired) electrons. The zero-order valence-electron chi connectivity index (χ0n) is 9.00. The molecule has 0 atom stereocenters. The van der Waals surface area contributed by atoms with Gasteiger partial charge in [-0.2, -0.15) is 0 Å². The molecule has 2 amide bonds. The quantitative estimate of drug-likeness (QED) is 0.679. The summed E-state index contributed by atoms with van der Waals surface area (Å²) in [6.45, 7) is 2.13. The van der Waals surface area contributed by atoms with Crippen molar-refractivity contribution in [3.05, 3.63) is 35.1 Å². The van der Waals surface area contributed by atoms with Gasteiger partial charge in [0.2, 0.25) is 5.91 Å². The topological polar surface area (TPSA) is 37.4 Å². The van der Waals surface area contributed by atoms with Crippen LogP contribution in [0.4, 0.5) is 4.39 Å². The van der Waals surface area contributed by atoms with Crippen LogP contribution in [0.25, 0.3) is 0 Å². The predicted octanol–water partition coefficient (Wildman–Crippen LogP) is 1.90. The summed E-state index contributed by atoms with van der Waals surface area (Å²) in [6, 6.07) is 3.97. The normalized spacial score (nSPS) is 15.6. The highest BCUT2D eigenvalue weighted by Crippen LogP contribution is 2.17. The molecule has 1 heterocycles. The van der Waals surface area contributed by atoms with Crippen LogP contribution < -0.4 is 0 Å². The van der Waals surface area contributed by atoms with E-state index in [1.54, 1.807) is 6.92 Å². The third kappa shape index (κ3) is 1.83. The summed E-state index contributed by atoms with van der Waals surface area (Å²) < 4.78 is 12.9. The van der Waals surface area contributed by atoms with Crippen molar-refractivity contribution in [3.63, 3.8) is 0 Å². The molecule has 84 valence electrons. The molecule has 1 fully saturated rings. The minimum atomic E-state index is -0.373. The van der Waals surface area contributed by atoms with Crippen LogP contribution in [-0.2, 0) is 4.79 Å². The van der Waals surface area contributed by atoms with Crippen molar-refractivity contribution in [2.75, 3.05) is 6.54 Å². The summed E-state index contributed by atoms with van der Waals surface area (Å²) in [5.74, 6) is -0.837. The molecule has 0 bridgehead atoms. The fourth-order valence-corrected chi connectivity index (χ4v) is 1.88. The SMILES string of the molecule is Cc1cc(F)ccc1C(=O)N1CCCC1=O. The molecule has 1 aromatic carbocycles. The van der Waals surface area contributed by atoms with E-state index in [1.807, 2.05) is 0 Å². The number of carbonyl (C=O) groups is 2. The molecule has 2 rings (SSSR count). The second-order valence-electron chi connectivity index (χ2n) is 3.91. The van der Waals surface area contributed by atoms with Gasteiger partial charge < -0.3 is 0 Å². The first-order chi connectivity index (χ1) is 7.59. The van der Waals surface area contributed by atoms with Crippen molar-refractivity contribution in [1.29, 1.82) is 0 Å². The van der Waals surface area contributed by atoms with E-state index in [1.165, 1.54) is 23.1 Å². The molecule has 1 aliphatic rings. The number of carbonyl (C=O) groups excluding carboxylic acids is 2. The highest BCUT2D eigenvalue weighted by molar-refractivity contribution is 6.06. The first kappa shape index (κ1) is 10.8. The number of imide groups is 1. The molecule has 16 heavy (non-hydrogen) atoms. The van der Waals surface area contributed by atoms with Gasteiger partial charge in [-0.15, -0.1) is 0 Å². The first-order valence-corrected chi connectivity index (χ1v) is 5.20. The summed E-state index contributed by atoms with van der Waals surface area (Å²) in [4.78, 5) is 24.6. The molecule has 1 saturated heterocycles. The maximum absolute atomic E-state index is 12.9. The van der Waals surface area contributed by atoms with Gasteiger partial charge in [0.15, 0.2) is 0 Å². The number of hydrogen-bond donors (Lipinski definition) is 0. The van der Waals surface area contributed by atoms with Crippen LogP contribution in [0.2, 0.25) is 0 Å². The summed E-state index contributed by atoms with van der Waals surface area (Å²) in [5, 5.41) is 0. The lowest BCUT2D eigenvalue weighted by molar-refractivity contribution is -0.125. The van der Waals surface area contributed by atoms with Crippen LogP contribution in [0.3, 0.4) is 0 Å². The predicted molar refractivity (Wildman–Crippen MR) is 56.4 cm³/mol. The number of rotatable bonds is 1. The Kier molecular flexibility index (Phi) is 2.73. The van der Waals surface area contributed by atoms with Crippen LogP contribution >= 0.6 is 0 Å². The van der Waals surface area contributed by atoms with E-state index in [4.69, 9.17) is 0 Å². The monoisotopic (exact) mass is 221 g/mol. The molecule has 0 unspecified atom stereocenters. The van der Waals surface area contributed by atoms with Gasteiger partial charge >= 0.3 is 0 Å². The van der Waals surface area contributed by atoms with E-state index in [-0.39, 0.29) is 17.6 Å². The minimum Gasteiger partial charge on any atom is -0.278 e. The van der Waals surface area contributed by atoms with Crippen molar-refractivity contribution >= 4 is 11.8 Å². The molecule has 1 aliphatic heterocycles. The van der Waals surface area contributed by atoms with Crippen LogP contribution in [0, 0.1) is 12.7 Å². The maximum Gasteiger partial charge on any atom is 0.260 e. The molecule has 0 aromatic heterocycles. The van der Waals surface area contributed by atoms with Crippen LogP contribution in [-0.4, -0.2) is 23.3 Å². The molecule has 1 aromatic rings. The molecule has 0 aliphatic carbocycles.